The predicted octanol–water partition coefficient (Wildman–Crippen LogP) is -0.253. The second-order valence-electron chi connectivity index (χ2n) is 2.55. The van der Waals surface area contributed by atoms with Gasteiger partial charge in [-0.05, 0) is 0 Å². The first-order chi connectivity index (χ1) is 5.75. The molecule has 0 saturated carbocycles. The number of thiol groups is 1. The first-order valence-corrected chi connectivity index (χ1v) is 4.35. The molecule has 0 spiro atoms. The van der Waals surface area contributed by atoms with Crippen LogP contribution in [0.2, 0.25) is 0 Å². The minimum absolute atomic E-state index is 0.305. The minimum atomic E-state index is -0.445. The Kier molecular flexibility index (Phi) is 3.84. The molecule has 1 unspecified atom stereocenters. The highest BCUT2D eigenvalue weighted by atomic mass is 32.1. The lowest BCUT2D eigenvalue weighted by Gasteiger charge is -2.29. The van der Waals surface area contributed by atoms with E-state index in [2.05, 4.69) is 17.4 Å². The van der Waals surface area contributed by atoms with Crippen molar-refractivity contribution in [3.8, 4) is 0 Å². The van der Waals surface area contributed by atoms with E-state index in [1.54, 1.807) is 0 Å². The van der Waals surface area contributed by atoms with Crippen LogP contribution in [0.15, 0.2) is 0 Å². The standard InChI is InChI=1S/C7H13NO3S/c1-10-7(9)6(12)8-2-4-11-5-3-8/h6,12H,2-5H2,1H3. The fourth-order valence-electron chi connectivity index (χ4n) is 1.08. The molecule has 1 heterocycles. The Labute approximate surface area is 77.2 Å². The molecule has 0 aliphatic carbocycles. The fraction of sp³-hybridized carbons (Fsp3) is 0.857. The number of morpholine rings is 1. The van der Waals surface area contributed by atoms with E-state index in [4.69, 9.17) is 4.74 Å². The van der Waals surface area contributed by atoms with Crippen molar-refractivity contribution in [2.24, 2.45) is 0 Å². The third-order valence-electron chi connectivity index (χ3n) is 1.80. The lowest BCUT2D eigenvalue weighted by Crippen LogP contribution is -2.45. The van der Waals surface area contributed by atoms with Crippen LogP contribution in [-0.2, 0) is 14.3 Å². The van der Waals surface area contributed by atoms with Crippen LogP contribution in [0.25, 0.3) is 0 Å². The largest absolute Gasteiger partial charge is 0.467 e. The van der Waals surface area contributed by atoms with Gasteiger partial charge in [-0.15, -0.1) is 12.6 Å². The molecular formula is C7H13NO3S. The molecule has 0 radical (unpaired) electrons. The lowest BCUT2D eigenvalue weighted by molar-refractivity contribution is -0.144. The number of rotatable bonds is 2. The molecule has 0 aromatic rings. The molecular weight excluding hydrogens is 178 g/mol. The van der Waals surface area contributed by atoms with E-state index < -0.39 is 5.37 Å². The zero-order valence-electron chi connectivity index (χ0n) is 7.02. The Morgan fingerprint density at radius 2 is 2.17 bits per heavy atom. The summed E-state index contributed by atoms with van der Waals surface area (Å²) in [6.07, 6.45) is 0. The van der Waals surface area contributed by atoms with E-state index in [-0.39, 0.29) is 5.97 Å². The number of carbonyl (C=O) groups excluding carboxylic acids is 1. The molecule has 5 heteroatoms. The molecule has 0 aromatic carbocycles. The van der Waals surface area contributed by atoms with Gasteiger partial charge < -0.3 is 9.47 Å². The highest BCUT2D eigenvalue weighted by Crippen LogP contribution is 2.08. The number of hydrogen-bond donors (Lipinski definition) is 1. The van der Waals surface area contributed by atoms with Crippen molar-refractivity contribution >= 4 is 18.6 Å². The second-order valence-corrected chi connectivity index (χ2v) is 3.03. The summed E-state index contributed by atoms with van der Waals surface area (Å²) in [6.45, 7) is 2.80. The Morgan fingerprint density at radius 3 is 2.67 bits per heavy atom. The summed E-state index contributed by atoms with van der Waals surface area (Å²) < 4.78 is 9.70. The van der Waals surface area contributed by atoms with E-state index in [0.29, 0.717) is 13.2 Å². The van der Waals surface area contributed by atoms with Crippen molar-refractivity contribution in [2.75, 3.05) is 33.4 Å². The van der Waals surface area contributed by atoms with E-state index in [0.717, 1.165) is 13.1 Å². The third-order valence-corrected chi connectivity index (χ3v) is 2.34. The average Bonchev–Trinajstić information content (AvgIpc) is 2.17. The number of nitrogens with zero attached hydrogens (tertiary/aromatic N) is 1. The Balaban J connectivity index is 2.39. The highest BCUT2D eigenvalue weighted by molar-refractivity contribution is 7.81. The van der Waals surface area contributed by atoms with Gasteiger partial charge in [0.1, 0.15) is 0 Å². The molecule has 12 heavy (non-hydrogen) atoms. The monoisotopic (exact) mass is 191 g/mol. The van der Waals surface area contributed by atoms with Crippen molar-refractivity contribution in [3.05, 3.63) is 0 Å². The normalized spacial score (nSPS) is 21.8. The number of hydrogen-bond acceptors (Lipinski definition) is 5. The van der Waals surface area contributed by atoms with Crippen LogP contribution >= 0.6 is 12.6 Å². The van der Waals surface area contributed by atoms with Gasteiger partial charge in [0.2, 0.25) is 0 Å². The summed E-state index contributed by atoms with van der Waals surface area (Å²) in [4.78, 5) is 13.0. The predicted molar refractivity (Wildman–Crippen MR) is 47.2 cm³/mol. The topological polar surface area (TPSA) is 38.8 Å². The molecule has 0 N–H and O–H groups in total. The average molecular weight is 191 g/mol. The smallest absolute Gasteiger partial charge is 0.333 e. The van der Waals surface area contributed by atoms with Crippen LogP contribution in [0, 0.1) is 0 Å². The maximum absolute atomic E-state index is 11.0. The molecule has 1 saturated heterocycles. The van der Waals surface area contributed by atoms with E-state index in [1.807, 2.05) is 4.90 Å². The third kappa shape index (κ3) is 2.36. The highest BCUT2D eigenvalue weighted by Gasteiger charge is 2.24. The van der Waals surface area contributed by atoms with Crippen LogP contribution in [0.4, 0.5) is 0 Å². The summed E-state index contributed by atoms with van der Waals surface area (Å²) >= 11 is 4.14. The number of ether oxygens (including phenoxy) is 2. The number of esters is 1. The van der Waals surface area contributed by atoms with Gasteiger partial charge in [0.25, 0.3) is 0 Å². The van der Waals surface area contributed by atoms with Crippen LogP contribution in [0.1, 0.15) is 0 Å². The van der Waals surface area contributed by atoms with Crippen molar-refractivity contribution in [3.63, 3.8) is 0 Å². The summed E-state index contributed by atoms with van der Waals surface area (Å²) in [5.41, 5.74) is 0. The van der Waals surface area contributed by atoms with Crippen molar-refractivity contribution in [1.82, 2.24) is 4.90 Å². The van der Waals surface area contributed by atoms with Gasteiger partial charge in [0, 0.05) is 13.1 Å². The second kappa shape index (κ2) is 4.69. The molecule has 70 valence electrons. The van der Waals surface area contributed by atoms with Gasteiger partial charge in [0.15, 0.2) is 5.37 Å². The number of methoxy groups -OCH3 is 1. The molecule has 1 aliphatic rings. The zero-order valence-corrected chi connectivity index (χ0v) is 7.92. The van der Waals surface area contributed by atoms with Crippen molar-refractivity contribution < 1.29 is 14.3 Å². The van der Waals surface area contributed by atoms with Crippen LogP contribution in [-0.4, -0.2) is 49.7 Å². The summed E-state index contributed by atoms with van der Waals surface area (Å²) in [5.74, 6) is -0.305. The molecule has 1 atom stereocenters. The van der Waals surface area contributed by atoms with Crippen LogP contribution in [0.5, 0.6) is 0 Å². The molecule has 0 amide bonds. The van der Waals surface area contributed by atoms with E-state index in [9.17, 15) is 4.79 Å². The summed E-state index contributed by atoms with van der Waals surface area (Å²) in [7, 11) is 1.37. The van der Waals surface area contributed by atoms with Gasteiger partial charge in [-0.2, -0.15) is 0 Å². The Bertz CT molecular complexity index is 159. The molecule has 0 bridgehead atoms. The van der Waals surface area contributed by atoms with Crippen LogP contribution < -0.4 is 0 Å². The molecule has 1 fully saturated rings. The number of carbonyl (C=O) groups is 1. The maximum atomic E-state index is 11.0. The SMILES string of the molecule is COC(=O)C(S)N1CCOCC1. The quantitative estimate of drug-likeness (QED) is 0.482. The Hall–Kier alpha value is -0.260. The van der Waals surface area contributed by atoms with Gasteiger partial charge in [-0.1, -0.05) is 0 Å². The first-order valence-electron chi connectivity index (χ1n) is 3.83. The van der Waals surface area contributed by atoms with Gasteiger partial charge in [-0.3, -0.25) is 4.90 Å². The fourth-order valence-corrected chi connectivity index (χ4v) is 1.41. The molecule has 1 rings (SSSR count). The summed E-state index contributed by atoms with van der Waals surface area (Å²) in [5, 5.41) is -0.445. The Morgan fingerprint density at radius 1 is 1.58 bits per heavy atom. The summed E-state index contributed by atoms with van der Waals surface area (Å²) in [6, 6.07) is 0. The van der Waals surface area contributed by atoms with Gasteiger partial charge in [0.05, 0.1) is 20.3 Å². The molecule has 1 aliphatic heterocycles. The van der Waals surface area contributed by atoms with E-state index >= 15 is 0 Å². The van der Waals surface area contributed by atoms with Gasteiger partial charge in [-0.25, -0.2) is 4.79 Å². The zero-order chi connectivity index (χ0) is 8.97. The first kappa shape index (κ1) is 9.83. The van der Waals surface area contributed by atoms with Crippen molar-refractivity contribution in [1.29, 1.82) is 0 Å². The lowest BCUT2D eigenvalue weighted by atomic mass is 10.4. The minimum Gasteiger partial charge on any atom is -0.467 e. The maximum Gasteiger partial charge on any atom is 0.333 e. The molecule has 4 nitrogen and oxygen atoms in total. The van der Waals surface area contributed by atoms with Gasteiger partial charge >= 0.3 is 5.97 Å². The molecule has 0 aromatic heterocycles. The van der Waals surface area contributed by atoms with E-state index in [1.165, 1.54) is 7.11 Å². The van der Waals surface area contributed by atoms with Crippen LogP contribution in [0.3, 0.4) is 0 Å². The van der Waals surface area contributed by atoms with Crippen molar-refractivity contribution in [2.45, 2.75) is 5.37 Å².